The largest absolute Gasteiger partial charge is 0.444 e. The van der Waals surface area contributed by atoms with Crippen molar-refractivity contribution in [3.8, 4) is 0 Å². The number of hydrogen-bond acceptors (Lipinski definition) is 4. The van der Waals surface area contributed by atoms with Gasteiger partial charge in [-0.25, -0.2) is 4.79 Å². The number of carbonyl (C=O) groups excluding carboxylic acids is 2. The van der Waals surface area contributed by atoms with Gasteiger partial charge in [-0.05, 0) is 45.8 Å². The molecule has 0 aromatic carbocycles. The standard InChI is InChI=1S/C15H31NO4Si/c1-13(2,3)20-12(18)16-15(7,10-17)11-19-21(8,9)14(4,5)6/h10H,11H2,1-9H3,(H,16,18)/t15-/m0/s1. The van der Waals surface area contributed by atoms with Crippen LogP contribution in [-0.2, 0) is 14.0 Å². The Balaban J connectivity index is 4.76. The van der Waals surface area contributed by atoms with Gasteiger partial charge in [0.15, 0.2) is 8.32 Å². The fraction of sp³-hybridized carbons (Fsp3) is 0.867. The number of rotatable bonds is 5. The van der Waals surface area contributed by atoms with Crippen LogP contribution in [0.3, 0.4) is 0 Å². The third kappa shape index (κ3) is 7.08. The van der Waals surface area contributed by atoms with Crippen molar-refractivity contribution < 1.29 is 18.8 Å². The molecule has 5 nitrogen and oxygen atoms in total. The lowest BCUT2D eigenvalue weighted by Crippen LogP contribution is -2.55. The summed E-state index contributed by atoms with van der Waals surface area (Å²) in [7, 11) is -1.98. The van der Waals surface area contributed by atoms with Gasteiger partial charge in [-0.2, -0.15) is 0 Å². The quantitative estimate of drug-likeness (QED) is 0.622. The molecule has 0 bridgehead atoms. The molecule has 21 heavy (non-hydrogen) atoms. The molecule has 0 aliphatic heterocycles. The molecule has 0 unspecified atom stereocenters. The van der Waals surface area contributed by atoms with E-state index in [1.165, 1.54) is 0 Å². The van der Waals surface area contributed by atoms with Crippen molar-refractivity contribution in [2.45, 2.75) is 77.7 Å². The van der Waals surface area contributed by atoms with Crippen molar-refractivity contribution in [1.82, 2.24) is 5.32 Å². The summed E-state index contributed by atoms with van der Waals surface area (Å²) in [6.45, 7) is 17.7. The Morgan fingerprint density at radius 1 is 1.10 bits per heavy atom. The van der Waals surface area contributed by atoms with Crippen molar-refractivity contribution in [2.75, 3.05) is 6.61 Å². The molecule has 0 saturated heterocycles. The van der Waals surface area contributed by atoms with Gasteiger partial charge in [-0.15, -0.1) is 0 Å². The fourth-order valence-corrected chi connectivity index (χ4v) is 2.28. The SMILES string of the molecule is CC(C)(C)OC(=O)N[C@@](C)(C=O)CO[Si](C)(C)C(C)(C)C. The second kappa shape index (κ2) is 6.48. The Bertz CT molecular complexity index is 382. The molecule has 0 aromatic rings. The second-order valence-corrected chi connectivity index (χ2v) is 13.0. The highest BCUT2D eigenvalue weighted by atomic mass is 28.4. The number of amides is 1. The van der Waals surface area contributed by atoms with E-state index < -0.39 is 25.6 Å². The van der Waals surface area contributed by atoms with Crippen molar-refractivity contribution >= 4 is 20.7 Å². The number of ether oxygens (including phenoxy) is 1. The first-order valence-electron chi connectivity index (χ1n) is 7.23. The summed E-state index contributed by atoms with van der Waals surface area (Å²) < 4.78 is 11.2. The van der Waals surface area contributed by atoms with Crippen LogP contribution in [0.2, 0.25) is 18.1 Å². The van der Waals surface area contributed by atoms with Crippen LogP contribution >= 0.6 is 0 Å². The zero-order valence-electron chi connectivity index (χ0n) is 14.9. The average molecular weight is 318 g/mol. The number of aldehydes is 1. The first-order chi connectivity index (χ1) is 9.12. The van der Waals surface area contributed by atoms with E-state index in [0.717, 1.165) is 0 Å². The molecule has 0 aliphatic rings. The third-order valence-electron chi connectivity index (χ3n) is 3.59. The fourth-order valence-electron chi connectivity index (χ4n) is 1.18. The molecule has 0 aromatic heterocycles. The summed E-state index contributed by atoms with van der Waals surface area (Å²) in [5.74, 6) is 0. The van der Waals surface area contributed by atoms with Gasteiger partial charge in [0, 0.05) is 0 Å². The van der Waals surface area contributed by atoms with Crippen LogP contribution in [0.15, 0.2) is 0 Å². The normalized spacial score (nSPS) is 16.0. The van der Waals surface area contributed by atoms with Crippen LogP contribution in [0.5, 0.6) is 0 Å². The highest BCUT2D eigenvalue weighted by molar-refractivity contribution is 6.74. The van der Waals surface area contributed by atoms with Crippen LogP contribution < -0.4 is 5.32 Å². The molecule has 0 aliphatic carbocycles. The van der Waals surface area contributed by atoms with Crippen LogP contribution in [0, 0.1) is 0 Å². The summed E-state index contributed by atoms with van der Waals surface area (Å²) in [6.07, 6.45) is 0.0836. The molecule has 0 rings (SSSR count). The molecule has 0 radical (unpaired) electrons. The molecule has 1 atom stereocenters. The minimum atomic E-state index is -1.98. The summed E-state index contributed by atoms with van der Waals surface area (Å²) in [4.78, 5) is 23.2. The zero-order valence-corrected chi connectivity index (χ0v) is 15.9. The highest BCUT2D eigenvalue weighted by Crippen LogP contribution is 2.36. The van der Waals surface area contributed by atoms with Gasteiger partial charge in [-0.3, -0.25) is 0 Å². The van der Waals surface area contributed by atoms with E-state index in [1.807, 2.05) is 0 Å². The van der Waals surface area contributed by atoms with E-state index in [0.29, 0.717) is 6.29 Å². The Labute approximate surface area is 129 Å². The Kier molecular flexibility index (Phi) is 6.21. The van der Waals surface area contributed by atoms with Gasteiger partial charge in [-0.1, -0.05) is 20.8 Å². The lowest BCUT2D eigenvalue weighted by Gasteiger charge is -2.38. The molecule has 1 amide bonds. The van der Waals surface area contributed by atoms with Crippen molar-refractivity contribution in [2.24, 2.45) is 0 Å². The molecule has 0 fully saturated rings. The van der Waals surface area contributed by atoms with Crippen LogP contribution in [-0.4, -0.2) is 38.4 Å². The maximum atomic E-state index is 11.8. The van der Waals surface area contributed by atoms with E-state index in [4.69, 9.17) is 9.16 Å². The number of hydrogen-bond donors (Lipinski definition) is 1. The molecule has 0 saturated carbocycles. The maximum Gasteiger partial charge on any atom is 0.408 e. The first-order valence-corrected chi connectivity index (χ1v) is 10.1. The average Bonchev–Trinajstić information content (AvgIpc) is 2.22. The summed E-state index contributed by atoms with van der Waals surface area (Å²) in [5.41, 5.74) is -1.69. The van der Waals surface area contributed by atoms with Crippen LogP contribution in [0.25, 0.3) is 0 Å². The Hall–Kier alpha value is -0.883. The predicted octanol–water partition coefficient (Wildman–Crippen LogP) is 3.49. The smallest absolute Gasteiger partial charge is 0.408 e. The van der Waals surface area contributed by atoms with E-state index in [1.54, 1.807) is 27.7 Å². The van der Waals surface area contributed by atoms with Crippen molar-refractivity contribution in [1.29, 1.82) is 0 Å². The van der Waals surface area contributed by atoms with Crippen LogP contribution in [0.1, 0.15) is 48.5 Å². The van der Waals surface area contributed by atoms with E-state index >= 15 is 0 Å². The Morgan fingerprint density at radius 3 is 1.90 bits per heavy atom. The van der Waals surface area contributed by atoms with Gasteiger partial charge in [0.2, 0.25) is 0 Å². The second-order valence-electron chi connectivity index (χ2n) is 8.21. The highest BCUT2D eigenvalue weighted by Gasteiger charge is 2.40. The molecule has 0 heterocycles. The predicted molar refractivity (Wildman–Crippen MR) is 87.0 cm³/mol. The topological polar surface area (TPSA) is 64.6 Å². The molecule has 124 valence electrons. The first kappa shape index (κ1) is 20.1. The van der Waals surface area contributed by atoms with E-state index in [2.05, 4.69) is 39.2 Å². The Morgan fingerprint density at radius 2 is 1.57 bits per heavy atom. The minimum Gasteiger partial charge on any atom is -0.444 e. The molecule has 0 spiro atoms. The minimum absolute atomic E-state index is 0.0444. The number of carbonyl (C=O) groups is 2. The van der Waals surface area contributed by atoms with Gasteiger partial charge in [0.25, 0.3) is 0 Å². The molecular formula is C15H31NO4Si. The monoisotopic (exact) mass is 317 g/mol. The molecule has 6 heteroatoms. The summed E-state index contributed by atoms with van der Waals surface area (Å²) in [6, 6.07) is 0. The lowest BCUT2D eigenvalue weighted by atomic mass is 10.1. The van der Waals surface area contributed by atoms with Gasteiger partial charge in [0.1, 0.15) is 17.4 Å². The number of alkyl carbamates (subject to hydrolysis) is 1. The maximum absolute atomic E-state index is 11.8. The van der Waals surface area contributed by atoms with E-state index in [-0.39, 0.29) is 11.6 Å². The molecule has 1 N–H and O–H groups in total. The van der Waals surface area contributed by atoms with Crippen LogP contribution in [0.4, 0.5) is 4.79 Å². The van der Waals surface area contributed by atoms with Crippen molar-refractivity contribution in [3.05, 3.63) is 0 Å². The van der Waals surface area contributed by atoms with Gasteiger partial charge >= 0.3 is 6.09 Å². The number of nitrogens with one attached hydrogen (secondary N) is 1. The zero-order chi connectivity index (χ0) is 17.1. The van der Waals surface area contributed by atoms with Crippen molar-refractivity contribution in [3.63, 3.8) is 0 Å². The van der Waals surface area contributed by atoms with Gasteiger partial charge in [0.05, 0.1) is 6.61 Å². The van der Waals surface area contributed by atoms with E-state index in [9.17, 15) is 9.59 Å². The third-order valence-corrected chi connectivity index (χ3v) is 8.06. The van der Waals surface area contributed by atoms with Gasteiger partial charge < -0.3 is 19.3 Å². The lowest BCUT2D eigenvalue weighted by molar-refractivity contribution is -0.114. The summed E-state index contributed by atoms with van der Waals surface area (Å²) in [5, 5.41) is 2.64. The summed E-state index contributed by atoms with van der Waals surface area (Å²) >= 11 is 0. The molecular weight excluding hydrogens is 286 g/mol.